The molecule has 1 aromatic carbocycles. The second-order valence-electron chi connectivity index (χ2n) is 3.75. The maximum atomic E-state index is 13.2. The molecule has 4 nitrogen and oxygen atoms in total. The molecule has 0 spiro atoms. The van der Waals surface area contributed by atoms with E-state index in [4.69, 9.17) is 0 Å². The van der Waals surface area contributed by atoms with Crippen LogP contribution < -0.4 is 4.90 Å². The first-order valence-electron chi connectivity index (χ1n) is 5.07. The third kappa shape index (κ3) is 2.46. The van der Waals surface area contributed by atoms with Gasteiger partial charge in [-0.2, -0.15) is 9.67 Å². The van der Waals surface area contributed by atoms with Crippen molar-refractivity contribution < 1.29 is 4.39 Å². The van der Waals surface area contributed by atoms with Gasteiger partial charge in [0.05, 0.1) is 11.0 Å². The Bertz CT molecular complexity index is 524. The molecule has 0 N–H and O–H groups in total. The van der Waals surface area contributed by atoms with Crippen molar-refractivity contribution in [3.05, 3.63) is 35.9 Å². The SMILES string of the molecule is CN(C)c1nc(CBr)nn1-c1cccc(F)c1. The van der Waals surface area contributed by atoms with Gasteiger partial charge in [0.1, 0.15) is 5.82 Å². The number of alkyl halides is 1. The summed E-state index contributed by atoms with van der Waals surface area (Å²) in [5, 5.41) is 4.88. The van der Waals surface area contributed by atoms with Crippen molar-refractivity contribution in [2.45, 2.75) is 5.33 Å². The van der Waals surface area contributed by atoms with Gasteiger partial charge >= 0.3 is 0 Å². The predicted octanol–water partition coefficient (Wildman–Crippen LogP) is 2.37. The Morgan fingerprint density at radius 1 is 1.41 bits per heavy atom. The third-order valence-corrected chi connectivity index (χ3v) is 2.71. The molecule has 0 aliphatic carbocycles. The standard InChI is InChI=1S/C11H12BrFN4/c1-16(2)11-14-10(7-12)15-17(11)9-5-3-4-8(13)6-9/h3-6H,7H2,1-2H3. The Kier molecular flexibility index (Phi) is 3.42. The van der Waals surface area contributed by atoms with Gasteiger partial charge in [-0.1, -0.05) is 22.0 Å². The first-order valence-corrected chi connectivity index (χ1v) is 6.19. The lowest BCUT2D eigenvalue weighted by molar-refractivity contribution is 0.625. The quantitative estimate of drug-likeness (QED) is 0.816. The van der Waals surface area contributed by atoms with Crippen molar-refractivity contribution in [3.63, 3.8) is 0 Å². The number of anilines is 1. The number of aromatic nitrogens is 3. The minimum absolute atomic E-state index is 0.289. The number of halogens is 2. The minimum Gasteiger partial charge on any atom is -0.347 e. The normalized spacial score (nSPS) is 10.6. The Labute approximate surface area is 107 Å². The molecule has 6 heteroatoms. The van der Waals surface area contributed by atoms with Gasteiger partial charge in [0, 0.05) is 14.1 Å². The van der Waals surface area contributed by atoms with Crippen LogP contribution >= 0.6 is 15.9 Å². The molecule has 17 heavy (non-hydrogen) atoms. The van der Waals surface area contributed by atoms with Gasteiger partial charge in [-0.05, 0) is 18.2 Å². The zero-order valence-corrected chi connectivity index (χ0v) is 11.1. The second kappa shape index (κ2) is 4.83. The molecule has 0 aliphatic rings. The average molecular weight is 299 g/mol. The van der Waals surface area contributed by atoms with Gasteiger partial charge in [0.15, 0.2) is 5.82 Å². The molecule has 0 fully saturated rings. The molecular formula is C11H12BrFN4. The van der Waals surface area contributed by atoms with Crippen molar-refractivity contribution in [1.82, 2.24) is 14.8 Å². The molecule has 2 aromatic rings. The van der Waals surface area contributed by atoms with Crippen LogP contribution in [0.2, 0.25) is 0 Å². The Hall–Kier alpha value is -1.43. The maximum absolute atomic E-state index is 13.2. The molecule has 0 amide bonds. The molecule has 1 aromatic heterocycles. The predicted molar refractivity (Wildman–Crippen MR) is 68.3 cm³/mol. The zero-order valence-electron chi connectivity index (χ0n) is 9.56. The van der Waals surface area contributed by atoms with Crippen LogP contribution in [-0.4, -0.2) is 28.9 Å². The van der Waals surface area contributed by atoms with E-state index in [9.17, 15) is 4.39 Å². The number of nitrogens with zero attached hydrogens (tertiary/aromatic N) is 4. The average Bonchev–Trinajstić information content (AvgIpc) is 2.73. The highest BCUT2D eigenvalue weighted by Crippen LogP contribution is 2.17. The van der Waals surface area contributed by atoms with Gasteiger partial charge in [-0.25, -0.2) is 4.39 Å². The summed E-state index contributed by atoms with van der Waals surface area (Å²) >= 11 is 3.31. The van der Waals surface area contributed by atoms with Gasteiger partial charge < -0.3 is 4.90 Å². The van der Waals surface area contributed by atoms with E-state index in [-0.39, 0.29) is 5.82 Å². The maximum Gasteiger partial charge on any atom is 0.228 e. The van der Waals surface area contributed by atoms with Crippen molar-refractivity contribution >= 4 is 21.9 Å². The summed E-state index contributed by atoms with van der Waals surface area (Å²) in [6.07, 6.45) is 0. The summed E-state index contributed by atoms with van der Waals surface area (Å²) < 4.78 is 14.8. The Morgan fingerprint density at radius 3 is 2.76 bits per heavy atom. The van der Waals surface area contributed by atoms with E-state index in [2.05, 4.69) is 26.0 Å². The molecule has 0 saturated carbocycles. The first kappa shape index (κ1) is 12.0. The molecule has 1 heterocycles. The third-order valence-electron chi connectivity index (χ3n) is 2.21. The molecule has 0 bridgehead atoms. The number of benzene rings is 1. The van der Waals surface area contributed by atoms with Crippen LogP contribution in [0.1, 0.15) is 5.82 Å². The fraction of sp³-hybridized carbons (Fsp3) is 0.273. The van der Waals surface area contributed by atoms with Gasteiger partial charge in [0.25, 0.3) is 0 Å². The summed E-state index contributed by atoms with van der Waals surface area (Å²) in [4.78, 5) is 6.18. The summed E-state index contributed by atoms with van der Waals surface area (Å²) in [6.45, 7) is 0. The lowest BCUT2D eigenvalue weighted by Crippen LogP contribution is -2.15. The smallest absolute Gasteiger partial charge is 0.228 e. The molecule has 0 aliphatic heterocycles. The number of rotatable bonds is 3. The number of hydrogen-bond acceptors (Lipinski definition) is 3. The van der Waals surface area contributed by atoms with Crippen LogP contribution in [0, 0.1) is 5.82 Å². The lowest BCUT2D eigenvalue weighted by atomic mass is 10.3. The monoisotopic (exact) mass is 298 g/mol. The van der Waals surface area contributed by atoms with Crippen LogP contribution in [0.3, 0.4) is 0 Å². The van der Waals surface area contributed by atoms with Crippen LogP contribution in [0.5, 0.6) is 0 Å². The summed E-state index contributed by atoms with van der Waals surface area (Å²) in [5.41, 5.74) is 0.661. The highest BCUT2D eigenvalue weighted by molar-refractivity contribution is 9.08. The minimum atomic E-state index is -0.289. The highest BCUT2D eigenvalue weighted by Gasteiger charge is 2.12. The molecular weight excluding hydrogens is 287 g/mol. The zero-order chi connectivity index (χ0) is 12.4. The van der Waals surface area contributed by atoms with Crippen LogP contribution in [-0.2, 0) is 5.33 Å². The summed E-state index contributed by atoms with van der Waals surface area (Å²) in [6, 6.07) is 6.28. The van der Waals surface area contributed by atoms with E-state index in [1.165, 1.54) is 12.1 Å². The molecule has 0 saturated heterocycles. The van der Waals surface area contributed by atoms with E-state index in [1.54, 1.807) is 16.8 Å². The van der Waals surface area contributed by atoms with E-state index in [0.717, 1.165) is 0 Å². The Morgan fingerprint density at radius 2 is 2.18 bits per heavy atom. The Balaban J connectivity index is 2.53. The van der Waals surface area contributed by atoms with E-state index in [1.807, 2.05) is 19.0 Å². The molecule has 0 radical (unpaired) electrons. The fourth-order valence-electron chi connectivity index (χ4n) is 1.47. The van der Waals surface area contributed by atoms with Gasteiger partial charge in [0.2, 0.25) is 5.95 Å². The van der Waals surface area contributed by atoms with E-state index in [0.29, 0.717) is 22.8 Å². The van der Waals surface area contributed by atoms with E-state index >= 15 is 0 Å². The topological polar surface area (TPSA) is 34.0 Å². The number of hydrogen-bond donors (Lipinski definition) is 0. The van der Waals surface area contributed by atoms with E-state index < -0.39 is 0 Å². The molecule has 0 atom stereocenters. The van der Waals surface area contributed by atoms with Gasteiger partial charge in [-0.3, -0.25) is 0 Å². The van der Waals surface area contributed by atoms with Crippen LogP contribution in [0.25, 0.3) is 5.69 Å². The summed E-state index contributed by atoms with van der Waals surface area (Å²) in [7, 11) is 3.75. The largest absolute Gasteiger partial charge is 0.347 e. The fourth-order valence-corrected chi connectivity index (χ4v) is 1.71. The lowest BCUT2D eigenvalue weighted by Gasteiger charge is -2.12. The van der Waals surface area contributed by atoms with Crippen molar-refractivity contribution in [3.8, 4) is 5.69 Å². The van der Waals surface area contributed by atoms with Crippen molar-refractivity contribution in [1.29, 1.82) is 0 Å². The molecule has 90 valence electrons. The molecule has 2 rings (SSSR count). The van der Waals surface area contributed by atoms with Crippen LogP contribution in [0.15, 0.2) is 24.3 Å². The first-order chi connectivity index (χ1) is 8.11. The summed E-state index contributed by atoms with van der Waals surface area (Å²) in [5.74, 6) is 1.05. The van der Waals surface area contributed by atoms with Crippen molar-refractivity contribution in [2.24, 2.45) is 0 Å². The van der Waals surface area contributed by atoms with Gasteiger partial charge in [-0.15, -0.1) is 5.10 Å². The second-order valence-corrected chi connectivity index (χ2v) is 4.31. The molecule has 0 unspecified atom stereocenters. The highest BCUT2D eigenvalue weighted by atomic mass is 79.9. The van der Waals surface area contributed by atoms with Crippen LogP contribution in [0.4, 0.5) is 10.3 Å². The van der Waals surface area contributed by atoms with Crippen molar-refractivity contribution in [2.75, 3.05) is 19.0 Å².